The number of halogens is 1. The number of benzene rings is 2. The number of esters is 1. The normalized spacial score (nSPS) is 12.3. The molecule has 11 heteroatoms. The molecule has 0 aliphatic carbocycles. The van der Waals surface area contributed by atoms with E-state index in [1.807, 2.05) is 13.8 Å². The molecule has 1 heterocycles. The highest BCUT2D eigenvalue weighted by Gasteiger charge is 2.24. The van der Waals surface area contributed by atoms with Gasteiger partial charge in [0.15, 0.2) is 6.10 Å². The largest absolute Gasteiger partial charge is 0.471 e. The van der Waals surface area contributed by atoms with Crippen LogP contribution in [0.15, 0.2) is 50.8 Å². The summed E-state index contributed by atoms with van der Waals surface area (Å²) in [5, 5.41) is 16.3. The maximum atomic E-state index is 13.2. The first-order valence-electron chi connectivity index (χ1n) is 10.5. The van der Waals surface area contributed by atoms with Gasteiger partial charge in [-0.05, 0) is 38.1 Å². The lowest BCUT2D eigenvalue weighted by molar-refractivity contribution is -0.386. The van der Waals surface area contributed by atoms with Crippen molar-refractivity contribution in [2.24, 2.45) is 5.10 Å². The van der Waals surface area contributed by atoms with Crippen LogP contribution in [0.5, 0.6) is 5.75 Å². The maximum Gasteiger partial charge on any atom is 0.347 e. The number of fused-ring (bicyclic) bond motifs is 1. The van der Waals surface area contributed by atoms with Crippen LogP contribution in [0.3, 0.4) is 0 Å². The van der Waals surface area contributed by atoms with E-state index in [2.05, 4.69) is 26.0 Å². The third-order valence-corrected chi connectivity index (χ3v) is 5.29. The topological polar surface area (TPSA) is 126 Å². The number of nitrogens with zero attached hydrogens (tertiary/aromatic N) is 4. The number of carbonyl (C=O) groups excluding carboxylic acids is 1. The minimum atomic E-state index is -1.10. The predicted molar refractivity (Wildman–Crippen MR) is 131 cm³/mol. The number of nitro benzene ring substituents is 1. The van der Waals surface area contributed by atoms with Crippen molar-refractivity contribution in [3.05, 3.63) is 72.7 Å². The molecule has 1 atom stereocenters. The summed E-state index contributed by atoms with van der Waals surface area (Å²) in [4.78, 5) is 40.8. The summed E-state index contributed by atoms with van der Waals surface area (Å²) in [6.45, 7) is 6.97. The van der Waals surface area contributed by atoms with Crippen LogP contribution in [-0.2, 0) is 9.53 Å². The molecule has 34 heavy (non-hydrogen) atoms. The van der Waals surface area contributed by atoms with Crippen LogP contribution < -0.4 is 10.3 Å². The van der Waals surface area contributed by atoms with Gasteiger partial charge in [-0.2, -0.15) is 9.78 Å². The number of hydrogen-bond acceptors (Lipinski definition) is 8. The molecule has 2 aromatic carbocycles. The third-order valence-electron chi connectivity index (χ3n) is 4.80. The van der Waals surface area contributed by atoms with E-state index in [4.69, 9.17) is 9.47 Å². The third kappa shape index (κ3) is 5.30. The van der Waals surface area contributed by atoms with Gasteiger partial charge in [0, 0.05) is 22.0 Å². The molecular formula is C23H23BrN4O6. The summed E-state index contributed by atoms with van der Waals surface area (Å²) in [5.74, 6) is -0.537. The number of aromatic nitrogens is 2. The first-order valence-corrected chi connectivity index (χ1v) is 11.3. The van der Waals surface area contributed by atoms with Crippen molar-refractivity contribution in [2.45, 2.75) is 39.7 Å². The van der Waals surface area contributed by atoms with Crippen molar-refractivity contribution in [2.75, 3.05) is 6.61 Å². The second kappa shape index (κ2) is 10.6. The van der Waals surface area contributed by atoms with Crippen LogP contribution in [0.2, 0.25) is 0 Å². The highest BCUT2D eigenvalue weighted by molar-refractivity contribution is 9.10. The van der Waals surface area contributed by atoms with Gasteiger partial charge in [0.25, 0.3) is 5.56 Å². The zero-order valence-corrected chi connectivity index (χ0v) is 20.6. The van der Waals surface area contributed by atoms with E-state index in [9.17, 15) is 19.7 Å². The minimum absolute atomic E-state index is 0.137. The van der Waals surface area contributed by atoms with Crippen molar-refractivity contribution in [1.29, 1.82) is 0 Å². The van der Waals surface area contributed by atoms with Crippen molar-refractivity contribution >= 4 is 44.7 Å². The van der Waals surface area contributed by atoms with E-state index < -0.39 is 17.0 Å². The molecule has 0 N–H and O–H groups in total. The van der Waals surface area contributed by atoms with Gasteiger partial charge in [-0.1, -0.05) is 35.8 Å². The van der Waals surface area contributed by atoms with Gasteiger partial charge in [-0.3, -0.25) is 14.9 Å². The van der Waals surface area contributed by atoms with Gasteiger partial charge in [-0.25, -0.2) is 9.78 Å². The molecule has 0 bridgehead atoms. The van der Waals surface area contributed by atoms with Crippen LogP contribution in [0.4, 0.5) is 5.69 Å². The maximum absolute atomic E-state index is 13.2. The number of hydrogen-bond donors (Lipinski definition) is 0. The zero-order valence-electron chi connectivity index (χ0n) is 19.0. The van der Waals surface area contributed by atoms with E-state index in [1.165, 1.54) is 31.3 Å². The summed E-state index contributed by atoms with van der Waals surface area (Å²) in [5.41, 5.74) is 0.00316. The van der Waals surface area contributed by atoms with Gasteiger partial charge >= 0.3 is 11.7 Å². The molecule has 0 spiro atoms. The Kier molecular flexibility index (Phi) is 7.77. The van der Waals surface area contributed by atoms with Gasteiger partial charge < -0.3 is 9.47 Å². The lowest BCUT2D eigenvalue weighted by atomic mass is 10.1. The molecule has 0 aliphatic heterocycles. The van der Waals surface area contributed by atoms with Crippen molar-refractivity contribution in [1.82, 2.24) is 9.66 Å². The SMILES string of the molecule is CCOC(=O)[C@@H](C)Oc1c(C=Nn2c(C(C)C)nc3ccc(Br)cc3c2=O)cccc1[N+](=O)[O-]. The Morgan fingerprint density at radius 3 is 2.68 bits per heavy atom. The number of nitro groups is 1. The van der Waals surface area contributed by atoms with Crippen LogP contribution in [-0.4, -0.2) is 39.5 Å². The Bertz CT molecular complexity index is 1340. The van der Waals surface area contributed by atoms with E-state index in [0.29, 0.717) is 21.2 Å². The van der Waals surface area contributed by atoms with Gasteiger partial charge in [0.2, 0.25) is 5.75 Å². The quantitative estimate of drug-likeness (QED) is 0.183. The molecule has 0 unspecified atom stereocenters. The van der Waals surface area contributed by atoms with Crippen molar-refractivity contribution < 1.29 is 19.2 Å². The fourth-order valence-corrected chi connectivity index (χ4v) is 3.53. The molecule has 0 amide bonds. The van der Waals surface area contributed by atoms with E-state index in [1.54, 1.807) is 25.1 Å². The smallest absolute Gasteiger partial charge is 0.347 e. The summed E-state index contributed by atoms with van der Waals surface area (Å²) in [6, 6.07) is 9.45. The Labute approximate surface area is 203 Å². The number of para-hydroxylation sites is 1. The monoisotopic (exact) mass is 530 g/mol. The molecule has 0 saturated heterocycles. The van der Waals surface area contributed by atoms with Crippen molar-refractivity contribution in [3.63, 3.8) is 0 Å². The highest BCUT2D eigenvalue weighted by atomic mass is 79.9. The average molecular weight is 531 g/mol. The van der Waals surface area contributed by atoms with Crippen LogP contribution in [0.25, 0.3) is 10.9 Å². The zero-order chi connectivity index (χ0) is 25.0. The van der Waals surface area contributed by atoms with Gasteiger partial charge in [0.05, 0.1) is 28.6 Å². The van der Waals surface area contributed by atoms with E-state index >= 15 is 0 Å². The molecule has 3 rings (SSSR count). The fraction of sp³-hybridized carbons (Fsp3) is 0.304. The van der Waals surface area contributed by atoms with Gasteiger partial charge in [-0.15, -0.1) is 0 Å². The van der Waals surface area contributed by atoms with E-state index in [0.717, 1.165) is 4.68 Å². The first kappa shape index (κ1) is 25.0. The molecule has 3 aromatic rings. The first-order chi connectivity index (χ1) is 16.1. The average Bonchev–Trinajstić information content (AvgIpc) is 2.79. The predicted octanol–water partition coefficient (Wildman–Crippen LogP) is 4.40. The second-order valence-electron chi connectivity index (χ2n) is 7.61. The minimum Gasteiger partial charge on any atom is -0.471 e. The molecule has 178 valence electrons. The Hall–Kier alpha value is -3.60. The molecule has 1 aromatic heterocycles. The van der Waals surface area contributed by atoms with Crippen LogP contribution in [0, 0.1) is 10.1 Å². The number of carbonyl (C=O) groups is 1. The van der Waals surface area contributed by atoms with Crippen molar-refractivity contribution in [3.8, 4) is 5.75 Å². The van der Waals surface area contributed by atoms with E-state index in [-0.39, 0.29) is 35.1 Å². The summed E-state index contributed by atoms with van der Waals surface area (Å²) >= 11 is 3.36. The van der Waals surface area contributed by atoms with Crippen LogP contribution >= 0.6 is 15.9 Å². The lowest BCUT2D eigenvalue weighted by Gasteiger charge is -2.15. The standard InChI is InChI=1S/C23H23BrN4O6/c1-5-33-23(30)14(4)34-20-15(7-6-8-19(20)28(31)32)12-25-27-21(13(2)3)26-18-10-9-16(24)11-17(18)22(27)29/h6-14H,5H2,1-4H3/t14-/m1/s1. The highest BCUT2D eigenvalue weighted by Crippen LogP contribution is 2.31. The molecule has 0 aliphatic rings. The summed E-state index contributed by atoms with van der Waals surface area (Å²) < 4.78 is 12.4. The fourth-order valence-electron chi connectivity index (χ4n) is 3.17. The molecule has 0 radical (unpaired) electrons. The molecule has 0 saturated carbocycles. The summed E-state index contributed by atoms with van der Waals surface area (Å²) in [7, 11) is 0. The van der Waals surface area contributed by atoms with Gasteiger partial charge in [0.1, 0.15) is 5.82 Å². The Morgan fingerprint density at radius 2 is 2.03 bits per heavy atom. The molecule has 0 fully saturated rings. The second-order valence-corrected chi connectivity index (χ2v) is 8.53. The molecule has 10 nitrogen and oxygen atoms in total. The molecular weight excluding hydrogens is 508 g/mol. The van der Waals surface area contributed by atoms with Crippen LogP contribution in [0.1, 0.15) is 45.0 Å². The number of rotatable bonds is 8. The summed E-state index contributed by atoms with van der Waals surface area (Å²) in [6.07, 6.45) is 0.181. The Morgan fingerprint density at radius 1 is 1.29 bits per heavy atom. The number of ether oxygens (including phenoxy) is 2. The lowest BCUT2D eigenvalue weighted by Crippen LogP contribution is -2.27. The Balaban J connectivity index is 2.14.